The Hall–Kier alpha value is -1.29. The van der Waals surface area contributed by atoms with Crippen molar-refractivity contribution in [3.8, 4) is 0 Å². The Kier molecular flexibility index (Phi) is 5.22. The van der Waals surface area contributed by atoms with Crippen LogP contribution in [0.25, 0.3) is 0 Å². The fourth-order valence-electron chi connectivity index (χ4n) is 1.53. The molecule has 1 unspecified atom stereocenters. The largest absolute Gasteiger partial charge is 0.367 e. The molecular weight excluding hydrogens is 240 g/mol. The Labute approximate surface area is 105 Å². The van der Waals surface area contributed by atoms with Gasteiger partial charge in [-0.3, -0.25) is 9.59 Å². The van der Waals surface area contributed by atoms with E-state index in [0.717, 1.165) is 0 Å². The summed E-state index contributed by atoms with van der Waals surface area (Å²) in [6.07, 6.45) is 3.60. The van der Waals surface area contributed by atoms with Crippen molar-refractivity contribution >= 4 is 17.5 Å². The third-order valence-corrected chi connectivity index (χ3v) is 2.83. The van der Waals surface area contributed by atoms with Gasteiger partial charge < -0.3 is 10.3 Å². The van der Waals surface area contributed by atoms with Gasteiger partial charge in [0.2, 0.25) is 0 Å². The van der Waals surface area contributed by atoms with Crippen LogP contribution in [0.1, 0.15) is 30.6 Å². The molecule has 17 heavy (non-hydrogen) atoms. The summed E-state index contributed by atoms with van der Waals surface area (Å²) in [4.78, 5) is 26.1. The zero-order valence-corrected chi connectivity index (χ0v) is 10.8. The predicted octanol–water partition coefficient (Wildman–Crippen LogP) is 1.76. The van der Waals surface area contributed by atoms with E-state index < -0.39 is 0 Å². The number of hydrogen-bond donors (Lipinski definition) is 2. The molecule has 1 atom stereocenters. The maximum absolute atomic E-state index is 11.9. The highest BCUT2D eigenvalue weighted by molar-refractivity contribution is 6.17. The van der Waals surface area contributed by atoms with Crippen LogP contribution in [0.5, 0.6) is 0 Å². The van der Waals surface area contributed by atoms with Gasteiger partial charge in [-0.05, 0) is 12.3 Å². The van der Waals surface area contributed by atoms with Crippen LogP contribution in [0.3, 0.4) is 0 Å². The molecule has 1 aromatic heterocycles. The second kappa shape index (κ2) is 6.45. The first-order chi connectivity index (χ1) is 8.06. The third-order valence-electron chi connectivity index (χ3n) is 2.61. The van der Waals surface area contributed by atoms with Crippen LogP contribution in [0.15, 0.2) is 23.3 Å². The molecule has 0 fully saturated rings. The Bertz CT molecular complexity index is 429. The molecular formula is C12H17ClN2O2. The number of aromatic amines is 1. The lowest BCUT2D eigenvalue weighted by molar-refractivity contribution is 0.0923. The Morgan fingerprint density at radius 1 is 1.53 bits per heavy atom. The predicted molar refractivity (Wildman–Crippen MR) is 68.5 cm³/mol. The number of rotatable bonds is 5. The van der Waals surface area contributed by atoms with Gasteiger partial charge >= 0.3 is 0 Å². The number of amides is 1. The lowest BCUT2D eigenvalue weighted by atomic mass is 10.0. The molecule has 0 saturated heterocycles. The number of H-pyrrole nitrogens is 1. The summed E-state index contributed by atoms with van der Waals surface area (Å²) in [7, 11) is 0. The highest BCUT2D eigenvalue weighted by atomic mass is 35.5. The number of aromatic nitrogens is 1. The number of halogens is 1. The van der Waals surface area contributed by atoms with Crippen molar-refractivity contribution in [2.45, 2.75) is 26.3 Å². The Balaban J connectivity index is 2.78. The van der Waals surface area contributed by atoms with Gasteiger partial charge in [0, 0.05) is 30.4 Å². The van der Waals surface area contributed by atoms with Crippen molar-refractivity contribution in [1.82, 2.24) is 10.3 Å². The SMILES string of the molecule is CC(C)C(CCCl)NC(=O)c1c[nH]ccc1=O. The van der Waals surface area contributed by atoms with Gasteiger partial charge in [-0.1, -0.05) is 13.8 Å². The summed E-state index contributed by atoms with van der Waals surface area (Å²) in [5.41, 5.74) is -0.151. The van der Waals surface area contributed by atoms with Crippen LogP contribution in [0.2, 0.25) is 0 Å². The Morgan fingerprint density at radius 3 is 2.76 bits per heavy atom. The van der Waals surface area contributed by atoms with Crippen LogP contribution in [0.4, 0.5) is 0 Å². The molecule has 5 heteroatoms. The van der Waals surface area contributed by atoms with Crippen LogP contribution in [-0.2, 0) is 0 Å². The minimum absolute atomic E-state index is 0.0143. The van der Waals surface area contributed by atoms with E-state index in [1.807, 2.05) is 13.8 Å². The van der Waals surface area contributed by atoms with Crippen LogP contribution >= 0.6 is 11.6 Å². The highest BCUT2D eigenvalue weighted by Crippen LogP contribution is 2.07. The molecule has 0 aromatic carbocycles. The van der Waals surface area contributed by atoms with E-state index in [1.54, 1.807) is 0 Å². The van der Waals surface area contributed by atoms with E-state index in [4.69, 9.17) is 11.6 Å². The molecule has 0 spiro atoms. The fraction of sp³-hybridized carbons (Fsp3) is 0.500. The molecule has 2 N–H and O–H groups in total. The van der Waals surface area contributed by atoms with Gasteiger partial charge in [-0.15, -0.1) is 11.6 Å². The van der Waals surface area contributed by atoms with Gasteiger partial charge in [0.25, 0.3) is 5.91 Å². The maximum Gasteiger partial charge on any atom is 0.256 e. The molecule has 0 saturated carbocycles. The van der Waals surface area contributed by atoms with Crippen molar-refractivity contribution < 1.29 is 4.79 Å². The topological polar surface area (TPSA) is 62.0 Å². The van der Waals surface area contributed by atoms with E-state index in [9.17, 15) is 9.59 Å². The summed E-state index contributed by atoms with van der Waals surface area (Å²) in [5.74, 6) is 0.407. The zero-order chi connectivity index (χ0) is 12.8. The number of carbonyl (C=O) groups excluding carboxylic acids is 1. The number of alkyl halides is 1. The molecule has 1 rings (SSSR count). The summed E-state index contributed by atoms with van der Waals surface area (Å²) < 4.78 is 0. The minimum atomic E-state index is -0.351. The lowest BCUT2D eigenvalue weighted by Crippen LogP contribution is -2.40. The van der Waals surface area contributed by atoms with E-state index >= 15 is 0 Å². The lowest BCUT2D eigenvalue weighted by Gasteiger charge is -2.21. The van der Waals surface area contributed by atoms with Crippen molar-refractivity contribution in [3.63, 3.8) is 0 Å². The molecule has 94 valence electrons. The summed E-state index contributed by atoms with van der Waals surface area (Å²) in [5, 5.41) is 2.83. The number of nitrogens with one attached hydrogen (secondary N) is 2. The van der Waals surface area contributed by atoms with Crippen LogP contribution in [-0.4, -0.2) is 22.8 Å². The fourth-order valence-corrected chi connectivity index (χ4v) is 1.76. The molecule has 0 aliphatic carbocycles. The molecule has 0 aliphatic rings. The van der Waals surface area contributed by atoms with Crippen LogP contribution < -0.4 is 10.7 Å². The summed E-state index contributed by atoms with van der Waals surface area (Å²) in [6, 6.07) is 1.32. The quantitative estimate of drug-likeness (QED) is 0.789. The molecule has 0 aliphatic heterocycles. The smallest absolute Gasteiger partial charge is 0.256 e. The van der Waals surface area contributed by atoms with E-state index in [-0.39, 0.29) is 28.9 Å². The van der Waals surface area contributed by atoms with Crippen molar-refractivity contribution in [1.29, 1.82) is 0 Å². The first kappa shape index (κ1) is 13.8. The molecule has 4 nitrogen and oxygen atoms in total. The van der Waals surface area contributed by atoms with Gasteiger partial charge in [-0.25, -0.2) is 0 Å². The molecule has 1 heterocycles. The van der Waals surface area contributed by atoms with E-state index in [2.05, 4.69) is 10.3 Å². The van der Waals surface area contributed by atoms with Crippen molar-refractivity contribution in [3.05, 3.63) is 34.2 Å². The van der Waals surface area contributed by atoms with Gasteiger partial charge in [0.1, 0.15) is 5.56 Å². The summed E-state index contributed by atoms with van der Waals surface area (Å²) in [6.45, 7) is 4.01. The Morgan fingerprint density at radius 2 is 2.24 bits per heavy atom. The van der Waals surface area contributed by atoms with Crippen LogP contribution in [0, 0.1) is 5.92 Å². The monoisotopic (exact) mass is 256 g/mol. The van der Waals surface area contributed by atoms with E-state index in [1.165, 1.54) is 18.5 Å². The average Bonchev–Trinajstić information content (AvgIpc) is 2.28. The first-order valence-electron chi connectivity index (χ1n) is 5.60. The van der Waals surface area contributed by atoms with Gasteiger partial charge in [0.15, 0.2) is 5.43 Å². The minimum Gasteiger partial charge on any atom is -0.367 e. The molecule has 0 radical (unpaired) electrons. The van der Waals surface area contributed by atoms with Crippen molar-refractivity contribution in [2.24, 2.45) is 5.92 Å². The van der Waals surface area contributed by atoms with E-state index in [0.29, 0.717) is 12.3 Å². The first-order valence-corrected chi connectivity index (χ1v) is 6.13. The summed E-state index contributed by atoms with van der Waals surface area (Å²) >= 11 is 5.68. The average molecular weight is 257 g/mol. The second-order valence-corrected chi connectivity index (χ2v) is 4.60. The molecule has 1 aromatic rings. The number of pyridine rings is 1. The highest BCUT2D eigenvalue weighted by Gasteiger charge is 2.17. The zero-order valence-electron chi connectivity index (χ0n) is 10.00. The standard InChI is InChI=1S/C12H17ClN2O2/c1-8(2)10(3-5-13)15-12(17)9-7-14-6-4-11(9)16/h4,6-8,10H,3,5H2,1-2H3,(H,14,16)(H,15,17). The van der Waals surface area contributed by atoms with Crippen molar-refractivity contribution in [2.75, 3.05) is 5.88 Å². The molecule has 0 bridgehead atoms. The number of hydrogen-bond acceptors (Lipinski definition) is 2. The van der Waals surface area contributed by atoms with Gasteiger partial charge in [-0.2, -0.15) is 0 Å². The normalized spacial score (nSPS) is 12.5. The second-order valence-electron chi connectivity index (χ2n) is 4.22. The number of carbonyl (C=O) groups is 1. The maximum atomic E-state index is 11.9. The molecule has 1 amide bonds. The van der Waals surface area contributed by atoms with Gasteiger partial charge in [0.05, 0.1) is 0 Å². The third kappa shape index (κ3) is 3.89.